The van der Waals surface area contributed by atoms with Gasteiger partial charge in [-0.3, -0.25) is 4.79 Å². The Hall–Kier alpha value is -1.35. The third-order valence-corrected chi connectivity index (χ3v) is 3.10. The molecule has 3 nitrogen and oxygen atoms in total. The number of hydrogen-bond donors (Lipinski definition) is 1. The Bertz CT molecular complexity index is 375. The molecule has 0 spiro atoms. The van der Waals surface area contributed by atoms with Crippen LogP contribution in [-0.2, 0) is 0 Å². The van der Waals surface area contributed by atoms with Gasteiger partial charge in [0.15, 0.2) is 0 Å². The molecule has 1 heterocycles. The lowest BCUT2D eigenvalue weighted by Gasteiger charge is -2.28. The molecule has 16 heavy (non-hydrogen) atoms. The summed E-state index contributed by atoms with van der Waals surface area (Å²) in [6.45, 7) is 7.43. The van der Waals surface area contributed by atoms with E-state index in [9.17, 15) is 4.79 Å². The molecule has 1 aliphatic rings. The van der Waals surface area contributed by atoms with Crippen LogP contribution in [0.1, 0.15) is 21.5 Å². The number of rotatable bonds is 1. The molecule has 1 aromatic rings. The van der Waals surface area contributed by atoms with Crippen molar-refractivity contribution < 1.29 is 4.79 Å². The SMILES string of the molecule is Cc1cccc(C)c1C(=O)N1CCNCC1. The topological polar surface area (TPSA) is 32.3 Å². The molecular weight excluding hydrogens is 200 g/mol. The first-order valence-electron chi connectivity index (χ1n) is 5.76. The first kappa shape index (κ1) is 11.1. The van der Waals surface area contributed by atoms with Gasteiger partial charge in [0.05, 0.1) is 0 Å². The van der Waals surface area contributed by atoms with Crippen molar-refractivity contribution in [2.24, 2.45) is 0 Å². The number of carbonyl (C=O) groups excluding carboxylic acids is 1. The van der Waals surface area contributed by atoms with E-state index < -0.39 is 0 Å². The molecule has 1 N–H and O–H groups in total. The zero-order valence-corrected chi connectivity index (χ0v) is 9.92. The number of nitrogens with zero attached hydrogens (tertiary/aromatic N) is 1. The molecule has 0 aliphatic carbocycles. The summed E-state index contributed by atoms with van der Waals surface area (Å²) in [7, 11) is 0. The number of carbonyl (C=O) groups is 1. The molecule has 0 atom stereocenters. The van der Waals surface area contributed by atoms with Crippen LogP contribution in [0.3, 0.4) is 0 Å². The van der Waals surface area contributed by atoms with Crippen molar-refractivity contribution in [2.75, 3.05) is 26.2 Å². The fraction of sp³-hybridized carbons (Fsp3) is 0.462. The molecule has 1 aliphatic heterocycles. The van der Waals surface area contributed by atoms with Crippen molar-refractivity contribution in [3.05, 3.63) is 34.9 Å². The lowest BCUT2D eigenvalue weighted by Crippen LogP contribution is -2.46. The van der Waals surface area contributed by atoms with Gasteiger partial charge in [-0.25, -0.2) is 0 Å². The lowest BCUT2D eigenvalue weighted by atomic mass is 10.0. The van der Waals surface area contributed by atoms with E-state index in [1.807, 2.05) is 36.9 Å². The van der Waals surface area contributed by atoms with Crippen molar-refractivity contribution in [3.8, 4) is 0 Å². The van der Waals surface area contributed by atoms with E-state index in [2.05, 4.69) is 5.32 Å². The van der Waals surface area contributed by atoms with Crippen molar-refractivity contribution in [2.45, 2.75) is 13.8 Å². The lowest BCUT2D eigenvalue weighted by molar-refractivity contribution is 0.0734. The molecule has 0 aromatic heterocycles. The average molecular weight is 218 g/mol. The van der Waals surface area contributed by atoms with E-state index in [0.717, 1.165) is 42.9 Å². The van der Waals surface area contributed by atoms with Crippen LogP contribution in [0.5, 0.6) is 0 Å². The molecule has 0 radical (unpaired) electrons. The fourth-order valence-corrected chi connectivity index (χ4v) is 2.18. The van der Waals surface area contributed by atoms with Crippen LogP contribution in [0.4, 0.5) is 0 Å². The summed E-state index contributed by atoms with van der Waals surface area (Å²) in [5, 5.41) is 3.26. The molecular formula is C13H18N2O. The second-order valence-corrected chi connectivity index (χ2v) is 4.31. The minimum atomic E-state index is 0.178. The zero-order valence-electron chi connectivity index (χ0n) is 9.92. The van der Waals surface area contributed by atoms with E-state index >= 15 is 0 Å². The maximum atomic E-state index is 12.3. The van der Waals surface area contributed by atoms with Gasteiger partial charge in [-0.15, -0.1) is 0 Å². The third kappa shape index (κ3) is 2.09. The molecule has 1 amide bonds. The summed E-state index contributed by atoms with van der Waals surface area (Å²) in [6, 6.07) is 6.00. The Morgan fingerprint density at radius 3 is 2.31 bits per heavy atom. The van der Waals surface area contributed by atoms with Crippen LogP contribution < -0.4 is 5.32 Å². The van der Waals surface area contributed by atoms with E-state index in [1.165, 1.54) is 0 Å². The smallest absolute Gasteiger partial charge is 0.254 e. The summed E-state index contributed by atoms with van der Waals surface area (Å²) >= 11 is 0. The highest BCUT2D eigenvalue weighted by Gasteiger charge is 2.20. The van der Waals surface area contributed by atoms with Gasteiger partial charge in [0, 0.05) is 31.7 Å². The van der Waals surface area contributed by atoms with Crippen molar-refractivity contribution >= 4 is 5.91 Å². The molecule has 0 unspecified atom stereocenters. The molecule has 1 aromatic carbocycles. The molecule has 2 rings (SSSR count). The molecule has 1 fully saturated rings. The Morgan fingerprint density at radius 1 is 1.19 bits per heavy atom. The predicted octanol–water partition coefficient (Wildman–Crippen LogP) is 1.35. The van der Waals surface area contributed by atoms with Gasteiger partial charge in [-0.05, 0) is 25.0 Å². The highest BCUT2D eigenvalue weighted by Crippen LogP contribution is 2.16. The summed E-state index contributed by atoms with van der Waals surface area (Å²) in [6.07, 6.45) is 0. The van der Waals surface area contributed by atoms with Crippen LogP contribution in [0.15, 0.2) is 18.2 Å². The van der Waals surface area contributed by atoms with E-state index in [0.29, 0.717) is 0 Å². The normalized spacial score (nSPS) is 16.2. The Kier molecular flexibility index (Phi) is 3.25. The minimum Gasteiger partial charge on any atom is -0.336 e. The molecule has 3 heteroatoms. The Balaban J connectivity index is 2.26. The number of piperazine rings is 1. The maximum Gasteiger partial charge on any atom is 0.254 e. The summed E-state index contributed by atoms with van der Waals surface area (Å²) < 4.78 is 0. The molecule has 86 valence electrons. The summed E-state index contributed by atoms with van der Waals surface area (Å²) in [5.74, 6) is 0.178. The van der Waals surface area contributed by atoms with Crippen molar-refractivity contribution in [1.29, 1.82) is 0 Å². The summed E-state index contributed by atoms with van der Waals surface area (Å²) in [4.78, 5) is 14.3. The maximum absolute atomic E-state index is 12.3. The van der Waals surface area contributed by atoms with E-state index in [4.69, 9.17) is 0 Å². The van der Waals surface area contributed by atoms with Crippen molar-refractivity contribution in [1.82, 2.24) is 10.2 Å². The van der Waals surface area contributed by atoms with Crippen LogP contribution >= 0.6 is 0 Å². The summed E-state index contributed by atoms with van der Waals surface area (Å²) in [5.41, 5.74) is 3.02. The van der Waals surface area contributed by atoms with Gasteiger partial charge in [0.1, 0.15) is 0 Å². The molecule has 0 bridgehead atoms. The van der Waals surface area contributed by atoms with Gasteiger partial charge in [0.25, 0.3) is 5.91 Å². The van der Waals surface area contributed by atoms with Crippen molar-refractivity contribution in [3.63, 3.8) is 0 Å². The van der Waals surface area contributed by atoms with Gasteiger partial charge in [-0.2, -0.15) is 0 Å². The van der Waals surface area contributed by atoms with E-state index in [-0.39, 0.29) is 5.91 Å². The van der Waals surface area contributed by atoms with Crippen LogP contribution in [-0.4, -0.2) is 37.0 Å². The fourth-order valence-electron chi connectivity index (χ4n) is 2.18. The van der Waals surface area contributed by atoms with Gasteiger partial charge in [0.2, 0.25) is 0 Å². The Morgan fingerprint density at radius 2 is 1.75 bits per heavy atom. The number of nitrogens with one attached hydrogen (secondary N) is 1. The number of hydrogen-bond acceptors (Lipinski definition) is 2. The monoisotopic (exact) mass is 218 g/mol. The van der Waals surface area contributed by atoms with E-state index in [1.54, 1.807) is 0 Å². The first-order valence-corrected chi connectivity index (χ1v) is 5.76. The second kappa shape index (κ2) is 4.66. The highest BCUT2D eigenvalue weighted by atomic mass is 16.2. The quantitative estimate of drug-likeness (QED) is 0.771. The zero-order chi connectivity index (χ0) is 11.5. The predicted molar refractivity (Wildman–Crippen MR) is 64.7 cm³/mol. The largest absolute Gasteiger partial charge is 0.336 e. The van der Waals surface area contributed by atoms with Crippen LogP contribution in [0.25, 0.3) is 0 Å². The van der Waals surface area contributed by atoms with Crippen LogP contribution in [0, 0.1) is 13.8 Å². The molecule has 0 saturated carbocycles. The standard InChI is InChI=1S/C13H18N2O/c1-10-4-3-5-11(2)12(10)13(16)15-8-6-14-7-9-15/h3-5,14H,6-9H2,1-2H3. The Labute approximate surface area is 96.5 Å². The van der Waals surface area contributed by atoms with Gasteiger partial charge >= 0.3 is 0 Å². The number of aryl methyl sites for hydroxylation is 2. The minimum absolute atomic E-state index is 0.178. The average Bonchev–Trinajstić information content (AvgIpc) is 2.30. The number of benzene rings is 1. The van der Waals surface area contributed by atoms with Crippen LogP contribution in [0.2, 0.25) is 0 Å². The second-order valence-electron chi connectivity index (χ2n) is 4.31. The number of amides is 1. The third-order valence-electron chi connectivity index (χ3n) is 3.10. The highest BCUT2D eigenvalue weighted by molar-refractivity contribution is 5.97. The molecule has 1 saturated heterocycles. The van der Waals surface area contributed by atoms with Gasteiger partial charge in [-0.1, -0.05) is 18.2 Å². The van der Waals surface area contributed by atoms with Gasteiger partial charge < -0.3 is 10.2 Å². The first-order chi connectivity index (χ1) is 7.70.